The summed E-state index contributed by atoms with van der Waals surface area (Å²) in [6.07, 6.45) is 14.3. The van der Waals surface area contributed by atoms with Crippen molar-refractivity contribution in [3.63, 3.8) is 0 Å². The van der Waals surface area contributed by atoms with Crippen molar-refractivity contribution in [1.29, 1.82) is 0 Å². The number of hydrogen-bond donors (Lipinski definition) is 1. The van der Waals surface area contributed by atoms with E-state index in [-0.39, 0.29) is 0 Å². The Hall–Kier alpha value is -0.870. The lowest BCUT2D eigenvalue weighted by Gasteiger charge is -2.37. The van der Waals surface area contributed by atoms with Crippen LogP contribution in [-0.2, 0) is 19.5 Å². The Bertz CT molecular complexity index is 575. The van der Waals surface area contributed by atoms with Gasteiger partial charge in [0.2, 0.25) is 0 Å². The molecule has 0 unspecified atom stereocenters. The lowest BCUT2D eigenvalue weighted by Crippen LogP contribution is -2.28. The van der Waals surface area contributed by atoms with Crippen LogP contribution >= 0.6 is 0 Å². The number of likely N-dealkylation sites (N-methyl/N-ethyl adjacent to an activating group) is 2. The first kappa shape index (κ1) is 17.5. The molecule has 2 aliphatic carbocycles. The smallest absolute Gasteiger partial charge is 0.0802 e. The predicted molar refractivity (Wildman–Crippen MR) is 103 cm³/mol. The SMILES string of the molecule is CNCCN(C)Cc1nn2c(c1C1CCC3(CCCC3)CC1)CCC2. The summed E-state index contributed by atoms with van der Waals surface area (Å²) in [7, 11) is 4.27. The lowest BCUT2D eigenvalue weighted by molar-refractivity contribution is 0.180. The Morgan fingerprint density at radius 2 is 1.92 bits per heavy atom. The number of aryl methyl sites for hydroxylation is 1. The highest BCUT2D eigenvalue weighted by Gasteiger charge is 2.39. The monoisotopic (exact) mass is 344 g/mol. The van der Waals surface area contributed by atoms with E-state index in [4.69, 9.17) is 5.10 Å². The topological polar surface area (TPSA) is 33.1 Å². The quantitative estimate of drug-likeness (QED) is 0.854. The molecule has 0 bridgehead atoms. The van der Waals surface area contributed by atoms with E-state index in [0.717, 1.165) is 37.5 Å². The third-order valence-electron chi connectivity index (χ3n) is 7.24. The molecule has 2 saturated carbocycles. The van der Waals surface area contributed by atoms with Gasteiger partial charge in [-0.05, 0) is 76.8 Å². The van der Waals surface area contributed by atoms with Gasteiger partial charge in [0.15, 0.2) is 0 Å². The highest BCUT2D eigenvalue weighted by atomic mass is 15.3. The summed E-state index contributed by atoms with van der Waals surface area (Å²) in [4.78, 5) is 2.43. The summed E-state index contributed by atoms with van der Waals surface area (Å²) in [5.74, 6) is 0.778. The fraction of sp³-hybridized carbons (Fsp3) is 0.857. The molecule has 140 valence electrons. The minimum absolute atomic E-state index is 0.733. The van der Waals surface area contributed by atoms with Crippen LogP contribution in [0.3, 0.4) is 0 Å². The Labute approximate surface area is 153 Å². The van der Waals surface area contributed by atoms with E-state index in [1.165, 1.54) is 69.9 Å². The second-order valence-corrected chi connectivity index (χ2v) is 8.96. The van der Waals surface area contributed by atoms with Crippen molar-refractivity contribution in [2.75, 3.05) is 27.2 Å². The summed E-state index contributed by atoms with van der Waals surface area (Å²) >= 11 is 0. The average molecular weight is 345 g/mol. The van der Waals surface area contributed by atoms with Crippen LogP contribution in [0.4, 0.5) is 0 Å². The molecule has 1 aromatic heterocycles. The molecule has 3 aliphatic rings. The minimum Gasteiger partial charge on any atom is -0.318 e. The molecular weight excluding hydrogens is 308 g/mol. The summed E-state index contributed by atoms with van der Waals surface area (Å²) < 4.78 is 2.34. The zero-order valence-electron chi connectivity index (χ0n) is 16.3. The molecule has 0 radical (unpaired) electrons. The number of nitrogens with zero attached hydrogens (tertiary/aromatic N) is 3. The molecule has 25 heavy (non-hydrogen) atoms. The molecule has 2 heterocycles. The van der Waals surface area contributed by atoms with Gasteiger partial charge in [0.05, 0.1) is 5.69 Å². The van der Waals surface area contributed by atoms with E-state index in [0.29, 0.717) is 0 Å². The zero-order valence-corrected chi connectivity index (χ0v) is 16.3. The van der Waals surface area contributed by atoms with Gasteiger partial charge < -0.3 is 5.32 Å². The van der Waals surface area contributed by atoms with Gasteiger partial charge in [-0.2, -0.15) is 5.10 Å². The molecule has 4 heteroatoms. The van der Waals surface area contributed by atoms with Crippen LogP contribution in [0, 0.1) is 5.41 Å². The number of rotatable bonds is 6. The van der Waals surface area contributed by atoms with Crippen molar-refractivity contribution in [3.8, 4) is 0 Å². The number of fused-ring (bicyclic) bond motifs is 1. The Balaban J connectivity index is 1.50. The second-order valence-electron chi connectivity index (χ2n) is 8.96. The van der Waals surface area contributed by atoms with E-state index < -0.39 is 0 Å². The van der Waals surface area contributed by atoms with Gasteiger partial charge in [-0.15, -0.1) is 0 Å². The Morgan fingerprint density at radius 3 is 2.64 bits per heavy atom. The first-order valence-corrected chi connectivity index (χ1v) is 10.6. The number of nitrogens with one attached hydrogen (secondary N) is 1. The van der Waals surface area contributed by atoms with Crippen LogP contribution in [-0.4, -0.2) is 41.9 Å². The normalized spacial score (nSPS) is 23.0. The van der Waals surface area contributed by atoms with Crippen molar-refractivity contribution in [2.45, 2.75) is 83.2 Å². The van der Waals surface area contributed by atoms with Crippen LogP contribution in [0.5, 0.6) is 0 Å². The fourth-order valence-electron chi connectivity index (χ4n) is 5.78. The molecule has 2 fully saturated rings. The minimum atomic E-state index is 0.733. The van der Waals surface area contributed by atoms with E-state index >= 15 is 0 Å². The molecule has 1 N–H and O–H groups in total. The lowest BCUT2D eigenvalue weighted by atomic mass is 9.67. The average Bonchev–Trinajstić information content (AvgIpc) is 3.31. The van der Waals surface area contributed by atoms with Crippen LogP contribution < -0.4 is 5.32 Å². The van der Waals surface area contributed by atoms with Crippen molar-refractivity contribution < 1.29 is 0 Å². The van der Waals surface area contributed by atoms with Gasteiger partial charge in [-0.3, -0.25) is 9.58 Å². The van der Waals surface area contributed by atoms with Gasteiger partial charge in [0, 0.05) is 37.4 Å². The molecule has 0 atom stereocenters. The molecule has 4 nitrogen and oxygen atoms in total. The van der Waals surface area contributed by atoms with Crippen molar-refractivity contribution in [3.05, 3.63) is 17.0 Å². The molecule has 1 spiro atoms. The predicted octanol–water partition coefficient (Wildman–Crippen LogP) is 3.70. The summed E-state index contributed by atoms with van der Waals surface area (Å²) in [5, 5.41) is 8.32. The molecule has 4 rings (SSSR count). The summed E-state index contributed by atoms with van der Waals surface area (Å²) in [6.45, 7) is 4.29. The van der Waals surface area contributed by atoms with E-state index in [1.807, 2.05) is 7.05 Å². The van der Waals surface area contributed by atoms with Crippen molar-refractivity contribution in [2.24, 2.45) is 5.41 Å². The molecular formula is C21H36N4. The maximum absolute atomic E-state index is 5.06. The first-order valence-electron chi connectivity index (χ1n) is 10.6. The molecule has 1 aromatic rings. The Morgan fingerprint density at radius 1 is 1.16 bits per heavy atom. The number of aromatic nitrogens is 2. The van der Waals surface area contributed by atoms with E-state index in [1.54, 1.807) is 11.3 Å². The first-order chi connectivity index (χ1) is 12.2. The van der Waals surface area contributed by atoms with E-state index in [2.05, 4.69) is 21.9 Å². The zero-order chi connectivity index (χ0) is 17.3. The fourth-order valence-corrected chi connectivity index (χ4v) is 5.78. The van der Waals surface area contributed by atoms with E-state index in [9.17, 15) is 0 Å². The van der Waals surface area contributed by atoms with Crippen molar-refractivity contribution >= 4 is 0 Å². The van der Waals surface area contributed by atoms with Crippen LogP contribution in [0.25, 0.3) is 0 Å². The van der Waals surface area contributed by atoms with Crippen LogP contribution in [0.1, 0.15) is 80.7 Å². The maximum atomic E-state index is 5.06. The molecule has 0 amide bonds. The van der Waals surface area contributed by atoms with Crippen LogP contribution in [0.2, 0.25) is 0 Å². The number of hydrogen-bond acceptors (Lipinski definition) is 3. The van der Waals surface area contributed by atoms with Crippen LogP contribution in [0.15, 0.2) is 0 Å². The van der Waals surface area contributed by atoms with Gasteiger partial charge in [0.1, 0.15) is 0 Å². The standard InChI is InChI=1S/C21H36N4/c1-22-13-15-24(2)16-18-20(19-6-5-14-25(19)23-18)17-7-11-21(12-8-17)9-3-4-10-21/h17,22H,3-16H2,1-2H3. The highest BCUT2D eigenvalue weighted by molar-refractivity contribution is 5.33. The second kappa shape index (κ2) is 7.40. The molecule has 1 aliphatic heterocycles. The van der Waals surface area contributed by atoms with Gasteiger partial charge >= 0.3 is 0 Å². The third kappa shape index (κ3) is 3.52. The molecule has 0 saturated heterocycles. The van der Waals surface area contributed by atoms with Gasteiger partial charge in [0.25, 0.3) is 0 Å². The van der Waals surface area contributed by atoms with Crippen molar-refractivity contribution in [1.82, 2.24) is 20.0 Å². The maximum Gasteiger partial charge on any atom is 0.0802 e. The third-order valence-corrected chi connectivity index (χ3v) is 7.24. The Kier molecular flexibility index (Phi) is 5.19. The summed E-state index contributed by atoms with van der Waals surface area (Å²) in [6, 6.07) is 0. The summed E-state index contributed by atoms with van der Waals surface area (Å²) in [5.41, 5.74) is 5.38. The molecule has 0 aromatic carbocycles. The highest BCUT2D eigenvalue weighted by Crippen LogP contribution is 2.53. The largest absolute Gasteiger partial charge is 0.318 e. The van der Waals surface area contributed by atoms with Gasteiger partial charge in [-0.25, -0.2) is 0 Å². The van der Waals surface area contributed by atoms with Gasteiger partial charge in [-0.1, -0.05) is 12.8 Å².